The van der Waals surface area contributed by atoms with Crippen LogP contribution in [0, 0.1) is 29.1 Å². The monoisotopic (exact) mass is 392 g/mol. The lowest BCUT2D eigenvalue weighted by Crippen LogP contribution is -2.13. The van der Waals surface area contributed by atoms with Gasteiger partial charge in [-0.2, -0.15) is 0 Å². The van der Waals surface area contributed by atoms with Crippen LogP contribution in [0.25, 0.3) is 0 Å². The summed E-state index contributed by atoms with van der Waals surface area (Å²) in [5.74, 6) is -10.4. The molecule has 2 aromatic rings. The van der Waals surface area contributed by atoms with Crippen LogP contribution < -0.4 is 5.73 Å². The van der Waals surface area contributed by atoms with E-state index in [1.807, 2.05) is 0 Å². The molecule has 3 rings (SSSR count). The molecular formula is C15H13F5N4OS. The largest absolute Gasteiger partial charge is 0.370 e. The van der Waals surface area contributed by atoms with Crippen LogP contribution in [0.2, 0.25) is 0 Å². The molecule has 11 heteroatoms. The first kappa shape index (κ1) is 18.6. The van der Waals surface area contributed by atoms with Crippen molar-refractivity contribution in [3.63, 3.8) is 0 Å². The predicted molar refractivity (Wildman–Crippen MR) is 81.6 cm³/mol. The van der Waals surface area contributed by atoms with Gasteiger partial charge in [-0.15, -0.1) is 10.2 Å². The predicted octanol–water partition coefficient (Wildman–Crippen LogP) is 3.02. The fraction of sp³-hybridized carbons (Fsp3) is 0.400. The van der Waals surface area contributed by atoms with Gasteiger partial charge in [0.2, 0.25) is 11.7 Å². The third-order valence-corrected chi connectivity index (χ3v) is 4.86. The summed E-state index contributed by atoms with van der Waals surface area (Å²) >= 11 is 0.813. The summed E-state index contributed by atoms with van der Waals surface area (Å²) in [6, 6.07) is 0.0896. The van der Waals surface area contributed by atoms with Crippen LogP contribution in [0.5, 0.6) is 0 Å². The van der Waals surface area contributed by atoms with Gasteiger partial charge in [0.15, 0.2) is 28.4 Å². The molecule has 1 aliphatic rings. The van der Waals surface area contributed by atoms with Crippen molar-refractivity contribution in [2.24, 2.45) is 5.73 Å². The Bertz CT molecular complexity index is 839. The second-order valence-corrected chi connectivity index (χ2v) is 6.75. The number of primary amides is 1. The Balaban J connectivity index is 1.84. The van der Waals surface area contributed by atoms with Crippen LogP contribution in [-0.4, -0.2) is 20.7 Å². The summed E-state index contributed by atoms with van der Waals surface area (Å²) in [5, 5.41) is 8.14. The molecule has 1 saturated carbocycles. The average molecular weight is 392 g/mol. The smallest absolute Gasteiger partial charge is 0.217 e. The first-order valence-electron chi connectivity index (χ1n) is 7.66. The SMILES string of the molecule is NC(=O)CCc1nnc(SCc2c(F)c(F)c(F)c(F)c2F)n1C1CC1. The van der Waals surface area contributed by atoms with Crippen LogP contribution in [0.15, 0.2) is 5.16 Å². The third-order valence-electron chi connectivity index (χ3n) is 3.89. The number of hydrogen-bond donors (Lipinski definition) is 1. The van der Waals surface area contributed by atoms with Gasteiger partial charge in [0, 0.05) is 30.2 Å². The van der Waals surface area contributed by atoms with E-state index in [0.29, 0.717) is 5.82 Å². The van der Waals surface area contributed by atoms with Crippen molar-refractivity contribution in [2.75, 3.05) is 0 Å². The first-order valence-corrected chi connectivity index (χ1v) is 8.65. The lowest BCUT2D eigenvalue weighted by Gasteiger charge is -2.10. The Hall–Kier alpha value is -2.17. The van der Waals surface area contributed by atoms with E-state index in [2.05, 4.69) is 10.2 Å². The van der Waals surface area contributed by atoms with E-state index in [1.165, 1.54) is 0 Å². The van der Waals surface area contributed by atoms with Crippen molar-refractivity contribution < 1.29 is 26.7 Å². The van der Waals surface area contributed by atoms with Crippen LogP contribution in [-0.2, 0) is 17.0 Å². The number of carbonyl (C=O) groups excluding carboxylic acids is 1. The van der Waals surface area contributed by atoms with Crippen molar-refractivity contribution >= 4 is 17.7 Å². The Morgan fingerprint density at radius 2 is 1.62 bits per heavy atom. The zero-order valence-electron chi connectivity index (χ0n) is 13.2. The molecule has 0 spiro atoms. The van der Waals surface area contributed by atoms with Gasteiger partial charge in [-0.25, -0.2) is 22.0 Å². The molecule has 1 aromatic heterocycles. The molecule has 5 nitrogen and oxygen atoms in total. The van der Waals surface area contributed by atoms with Gasteiger partial charge in [0.25, 0.3) is 0 Å². The van der Waals surface area contributed by atoms with E-state index >= 15 is 0 Å². The molecular weight excluding hydrogens is 379 g/mol. The molecule has 1 aliphatic carbocycles. The second kappa shape index (κ2) is 7.22. The molecule has 140 valence electrons. The van der Waals surface area contributed by atoms with Gasteiger partial charge >= 0.3 is 0 Å². The number of amides is 1. The van der Waals surface area contributed by atoms with Gasteiger partial charge in [-0.3, -0.25) is 4.79 Å². The summed E-state index contributed by atoms with van der Waals surface area (Å²) in [4.78, 5) is 10.9. The van der Waals surface area contributed by atoms with E-state index in [4.69, 9.17) is 5.73 Å². The van der Waals surface area contributed by atoms with Crippen molar-refractivity contribution in [3.8, 4) is 0 Å². The fourth-order valence-electron chi connectivity index (χ4n) is 2.42. The molecule has 0 atom stereocenters. The van der Waals surface area contributed by atoms with E-state index in [9.17, 15) is 26.7 Å². The number of nitrogens with zero attached hydrogens (tertiary/aromatic N) is 3. The van der Waals surface area contributed by atoms with Gasteiger partial charge in [-0.05, 0) is 12.8 Å². The standard InChI is InChI=1S/C15H13F5N4OS/c16-10-7(11(17)13(19)14(20)12(10)18)5-26-15-23-22-9(4-3-8(21)25)24(15)6-1-2-6/h6H,1-5H2,(H2,21,25). The van der Waals surface area contributed by atoms with Crippen molar-refractivity contribution in [3.05, 3.63) is 40.5 Å². The number of rotatable bonds is 7. The molecule has 0 unspecified atom stereocenters. The second-order valence-electron chi connectivity index (χ2n) is 5.80. The molecule has 0 radical (unpaired) electrons. The molecule has 26 heavy (non-hydrogen) atoms. The molecule has 0 bridgehead atoms. The maximum Gasteiger partial charge on any atom is 0.217 e. The Labute approximate surface area is 148 Å². The molecule has 1 aromatic carbocycles. The molecule has 1 fully saturated rings. The highest BCUT2D eigenvalue weighted by atomic mass is 32.2. The van der Waals surface area contributed by atoms with E-state index in [1.54, 1.807) is 4.57 Å². The Morgan fingerprint density at radius 3 is 2.15 bits per heavy atom. The summed E-state index contributed by atoms with van der Waals surface area (Å²) in [7, 11) is 0. The minimum Gasteiger partial charge on any atom is -0.370 e. The number of aromatic nitrogens is 3. The summed E-state index contributed by atoms with van der Waals surface area (Å²) in [6.45, 7) is 0. The number of hydrogen-bond acceptors (Lipinski definition) is 4. The lowest BCUT2D eigenvalue weighted by molar-refractivity contribution is -0.118. The van der Waals surface area contributed by atoms with Crippen molar-refractivity contribution in [1.82, 2.24) is 14.8 Å². The van der Waals surface area contributed by atoms with Crippen LogP contribution in [0.4, 0.5) is 22.0 Å². The Kier molecular flexibility index (Phi) is 5.17. The minimum absolute atomic E-state index is 0.0627. The number of nitrogens with two attached hydrogens (primary N) is 1. The summed E-state index contributed by atoms with van der Waals surface area (Å²) < 4.78 is 68.9. The van der Waals surface area contributed by atoms with Gasteiger partial charge < -0.3 is 10.3 Å². The fourth-order valence-corrected chi connectivity index (χ4v) is 3.44. The molecule has 0 saturated heterocycles. The van der Waals surface area contributed by atoms with E-state index in [0.717, 1.165) is 24.6 Å². The minimum atomic E-state index is -2.19. The zero-order chi connectivity index (χ0) is 19.0. The normalized spacial score (nSPS) is 14.0. The third kappa shape index (κ3) is 3.53. The lowest BCUT2D eigenvalue weighted by atomic mass is 10.2. The summed E-state index contributed by atoms with van der Waals surface area (Å²) in [6.07, 6.45) is 2.00. The van der Waals surface area contributed by atoms with Gasteiger partial charge in [0.05, 0.1) is 0 Å². The highest BCUT2D eigenvalue weighted by Gasteiger charge is 2.31. The van der Waals surface area contributed by atoms with Gasteiger partial charge in [-0.1, -0.05) is 11.8 Å². The first-order chi connectivity index (χ1) is 12.3. The molecule has 2 N–H and O–H groups in total. The maximum absolute atomic E-state index is 13.8. The van der Waals surface area contributed by atoms with Crippen molar-refractivity contribution in [1.29, 1.82) is 0 Å². The van der Waals surface area contributed by atoms with E-state index in [-0.39, 0.29) is 24.0 Å². The van der Waals surface area contributed by atoms with Crippen LogP contribution in [0.1, 0.15) is 36.7 Å². The van der Waals surface area contributed by atoms with Crippen LogP contribution in [0.3, 0.4) is 0 Å². The zero-order valence-corrected chi connectivity index (χ0v) is 14.1. The van der Waals surface area contributed by atoms with Crippen LogP contribution >= 0.6 is 11.8 Å². The molecule has 1 heterocycles. The Morgan fingerprint density at radius 1 is 1.04 bits per heavy atom. The van der Waals surface area contributed by atoms with Gasteiger partial charge in [0.1, 0.15) is 5.82 Å². The maximum atomic E-state index is 13.8. The number of aryl methyl sites for hydroxylation is 1. The summed E-state index contributed by atoms with van der Waals surface area (Å²) in [5.41, 5.74) is 4.19. The topological polar surface area (TPSA) is 73.8 Å². The highest BCUT2D eigenvalue weighted by molar-refractivity contribution is 7.98. The average Bonchev–Trinajstić information content (AvgIpc) is 3.37. The van der Waals surface area contributed by atoms with Crippen molar-refractivity contribution in [2.45, 2.75) is 42.6 Å². The highest BCUT2D eigenvalue weighted by Crippen LogP contribution is 2.40. The molecule has 1 amide bonds. The number of benzene rings is 1. The number of thioether (sulfide) groups is 1. The van der Waals surface area contributed by atoms with E-state index < -0.39 is 46.3 Å². The quantitative estimate of drug-likeness (QED) is 0.340. The molecule has 0 aliphatic heterocycles. The number of halogens is 5. The number of carbonyl (C=O) groups is 1.